The summed E-state index contributed by atoms with van der Waals surface area (Å²) in [6, 6.07) is 9.25. The largest absolute Gasteiger partial charge is 0.445 e. The van der Waals surface area contributed by atoms with Crippen molar-refractivity contribution in [3.8, 4) is 0 Å². The van der Waals surface area contributed by atoms with Crippen LogP contribution in [0.1, 0.15) is 18.4 Å². The number of alkyl carbamates (subject to hydrolysis) is 1. The van der Waals surface area contributed by atoms with Crippen LogP contribution in [-0.2, 0) is 21.4 Å². The van der Waals surface area contributed by atoms with Crippen molar-refractivity contribution in [2.45, 2.75) is 30.7 Å². The van der Waals surface area contributed by atoms with Gasteiger partial charge in [-0.15, -0.1) is 0 Å². The summed E-state index contributed by atoms with van der Waals surface area (Å²) in [5, 5.41) is 2.49. The first-order valence-electron chi connectivity index (χ1n) is 7.02. The van der Waals surface area contributed by atoms with Gasteiger partial charge in [0.15, 0.2) is 0 Å². The summed E-state index contributed by atoms with van der Waals surface area (Å²) in [5.74, 6) is 0. The Hall–Kier alpha value is -1.60. The topological polar surface area (TPSA) is 75.7 Å². The van der Waals surface area contributed by atoms with Gasteiger partial charge in [0.05, 0.1) is 11.3 Å². The predicted octanol–water partition coefficient (Wildman–Crippen LogP) is 1.09. The summed E-state index contributed by atoms with van der Waals surface area (Å²) in [4.78, 5) is 11.6. The van der Waals surface area contributed by atoms with Gasteiger partial charge in [-0.1, -0.05) is 30.3 Å². The number of hydrogen-bond acceptors (Lipinski definition) is 4. The molecule has 1 aromatic rings. The SMILES string of the molecule is O=C(NC1CN(S(=O)(=O)C2CC2)C1)OCc1ccccc1. The molecule has 0 spiro atoms. The molecule has 0 aromatic heterocycles. The monoisotopic (exact) mass is 310 g/mol. The van der Waals surface area contributed by atoms with Crippen LogP contribution >= 0.6 is 0 Å². The Labute approximate surface area is 124 Å². The Balaban J connectivity index is 1.39. The number of nitrogens with zero attached hydrogens (tertiary/aromatic N) is 1. The molecule has 6 nitrogen and oxygen atoms in total. The van der Waals surface area contributed by atoms with E-state index in [4.69, 9.17) is 4.74 Å². The average Bonchev–Trinajstić information content (AvgIpc) is 3.26. The zero-order valence-electron chi connectivity index (χ0n) is 11.6. The lowest BCUT2D eigenvalue weighted by Gasteiger charge is -2.38. The van der Waals surface area contributed by atoms with E-state index < -0.39 is 16.1 Å². The molecule has 1 N–H and O–H groups in total. The van der Waals surface area contributed by atoms with E-state index in [0.29, 0.717) is 13.1 Å². The molecule has 7 heteroatoms. The highest BCUT2D eigenvalue weighted by atomic mass is 32.2. The van der Waals surface area contributed by atoms with E-state index in [1.165, 1.54) is 4.31 Å². The molecule has 0 unspecified atom stereocenters. The van der Waals surface area contributed by atoms with Gasteiger partial charge in [0.1, 0.15) is 6.61 Å². The molecule has 0 atom stereocenters. The molecule has 1 aliphatic carbocycles. The molecule has 1 heterocycles. The summed E-state index contributed by atoms with van der Waals surface area (Å²) in [7, 11) is -3.11. The van der Waals surface area contributed by atoms with Crippen LogP contribution in [0.15, 0.2) is 30.3 Å². The first-order valence-corrected chi connectivity index (χ1v) is 8.52. The molecule has 0 bridgehead atoms. The molecule has 114 valence electrons. The third kappa shape index (κ3) is 3.36. The van der Waals surface area contributed by atoms with Gasteiger partial charge in [0.2, 0.25) is 10.0 Å². The van der Waals surface area contributed by atoms with Crippen LogP contribution in [0.25, 0.3) is 0 Å². The fraction of sp³-hybridized carbons (Fsp3) is 0.500. The summed E-state index contributed by atoms with van der Waals surface area (Å²) in [6.45, 7) is 0.905. The van der Waals surface area contributed by atoms with Crippen LogP contribution in [0.2, 0.25) is 0 Å². The Bertz CT molecular complexity index is 607. The number of sulfonamides is 1. The van der Waals surface area contributed by atoms with E-state index in [2.05, 4.69) is 5.32 Å². The summed E-state index contributed by atoms with van der Waals surface area (Å²) in [6.07, 6.45) is 1.01. The highest BCUT2D eigenvalue weighted by molar-refractivity contribution is 7.90. The lowest BCUT2D eigenvalue weighted by atomic mass is 10.2. The molecule has 1 saturated carbocycles. The maximum absolute atomic E-state index is 11.9. The van der Waals surface area contributed by atoms with Crippen LogP contribution in [0.5, 0.6) is 0 Å². The van der Waals surface area contributed by atoms with E-state index >= 15 is 0 Å². The maximum atomic E-state index is 11.9. The van der Waals surface area contributed by atoms with Crippen molar-refractivity contribution in [2.24, 2.45) is 0 Å². The second-order valence-electron chi connectivity index (χ2n) is 5.46. The van der Waals surface area contributed by atoms with E-state index in [1.54, 1.807) is 0 Å². The number of ether oxygens (including phenoxy) is 1. The van der Waals surface area contributed by atoms with Gasteiger partial charge >= 0.3 is 6.09 Å². The highest BCUT2D eigenvalue weighted by Gasteiger charge is 2.45. The number of hydrogen-bond donors (Lipinski definition) is 1. The molecule has 21 heavy (non-hydrogen) atoms. The number of benzene rings is 1. The Morgan fingerprint density at radius 3 is 2.52 bits per heavy atom. The van der Waals surface area contributed by atoms with Crippen LogP contribution in [0.4, 0.5) is 4.79 Å². The van der Waals surface area contributed by atoms with Gasteiger partial charge in [-0.3, -0.25) is 0 Å². The van der Waals surface area contributed by atoms with Gasteiger partial charge < -0.3 is 10.1 Å². The smallest absolute Gasteiger partial charge is 0.407 e. The van der Waals surface area contributed by atoms with Gasteiger partial charge in [0.25, 0.3) is 0 Å². The minimum Gasteiger partial charge on any atom is -0.445 e. The summed E-state index contributed by atoms with van der Waals surface area (Å²) in [5.41, 5.74) is 0.916. The molecule has 2 aliphatic rings. The molecule has 0 radical (unpaired) electrons. The van der Waals surface area contributed by atoms with E-state index in [1.807, 2.05) is 30.3 Å². The summed E-state index contributed by atoms with van der Waals surface area (Å²) < 4.78 is 30.3. The first-order chi connectivity index (χ1) is 10.1. The quantitative estimate of drug-likeness (QED) is 0.883. The van der Waals surface area contributed by atoms with Gasteiger partial charge in [-0.05, 0) is 18.4 Å². The Morgan fingerprint density at radius 1 is 1.24 bits per heavy atom. The van der Waals surface area contributed by atoms with Gasteiger partial charge in [-0.25, -0.2) is 13.2 Å². The van der Waals surface area contributed by atoms with Crippen LogP contribution in [0, 0.1) is 0 Å². The zero-order valence-corrected chi connectivity index (χ0v) is 12.4. The van der Waals surface area contributed by atoms with Crippen LogP contribution < -0.4 is 5.32 Å². The first kappa shape index (κ1) is 14.3. The number of rotatable bonds is 5. The number of amides is 1. The molecule has 1 amide bonds. The second kappa shape index (κ2) is 5.65. The average molecular weight is 310 g/mol. The third-order valence-corrected chi connectivity index (χ3v) is 6.02. The molecule has 3 rings (SSSR count). The number of carbonyl (C=O) groups is 1. The normalized spacial score (nSPS) is 19.8. The molecule has 1 aliphatic heterocycles. The van der Waals surface area contributed by atoms with E-state index in [0.717, 1.165) is 18.4 Å². The molecule has 1 aromatic carbocycles. The molecular formula is C14H18N2O4S. The lowest BCUT2D eigenvalue weighted by molar-refractivity contribution is 0.123. The Morgan fingerprint density at radius 2 is 1.90 bits per heavy atom. The number of nitrogens with one attached hydrogen (secondary N) is 1. The minimum absolute atomic E-state index is 0.151. The zero-order chi connectivity index (χ0) is 14.9. The Kier molecular flexibility index (Phi) is 3.86. The third-order valence-electron chi connectivity index (χ3n) is 3.69. The van der Waals surface area contributed by atoms with Crippen molar-refractivity contribution in [1.29, 1.82) is 0 Å². The van der Waals surface area contributed by atoms with Crippen molar-refractivity contribution < 1.29 is 17.9 Å². The van der Waals surface area contributed by atoms with Crippen molar-refractivity contribution in [3.63, 3.8) is 0 Å². The maximum Gasteiger partial charge on any atom is 0.407 e. The standard InChI is InChI=1S/C14H18N2O4S/c17-14(20-10-11-4-2-1-3-5-11)15-12-8-16(9-12)21(18,19)13-6-7-13/h1-5,12-13H,6-10H2,(H,15,17). The lowest BCUT2D eigenvalue weighted by Crippen LogP contribution is -2.61. The fourth-order valence-electron chi connectivity index (χ4n) is 2.25. The van der Waals surface area contributed by atoms with E-state index in [9.17, 15) is 13.2 Å². The van der Waals surface area contributed by atoms with Gasteiger partial charge in [0, 0.05) is 13.1 Å². The van der Waals surface area contributed by atoms with Gasteiger partial charge in [-0.2, -0.15) is 4.31 Å². The van der Waals surface area contributed by atoms with Crippen molar-refractivity contribution in [2.75, 3.05) is 13.1 Å². The second-order valence-corrected chi connectivity index (χ2v) is 7.68. The molecule has 2 fully saturated rings. The number of carbonyl (C=O) groups excluding carboxylic acids is 1. The van der Waals surface area contributed by atoms with Crippen molar-refractivity contribution in [1.82, 2.24) is 9.62 Å². The molecular weight excluding hydrogens is 292 g/mol. The molecule has 1 saturated heterocycles. The highest BCUT2D eigenvalue weighted by Crippen LogP contribution is 2.33. The van der Waals surface area contributed by atoms with E-state index in [-0.39, 0.29) is 17.9 Å². The summed E-state index contributed by atoms with van der Waals surface area (Å²) >= 11 is 0. The van der Waals surface area contributed by atoms with Crippen molar-refractivity contribution >= 4 is 16.1 Å². The van der Waals surface area contributed by atoms with Crippen LogP contribution in [0.3, 0.4) is 0 Å². The van der Waals surface area contributed by atoms with Crippen LogP contribution in [-0.4, -0.2) is 43.2 Å². The fourth-order valence-corrected chi connectivity index (χ4v) is 4.17. The minimum atomic E-state index is -3.11. The van der Waals surface area contributed by atoms with Crippen molar-refractivity contribution in [3.05, 3.63) is 35.9 Å². The predicted molar refractivity (Wildman–Crippen MR) is 77.1 cm³/mol.